The maximum absolute atomic E-state index is 10.3. The summed E-state index contributed by atoms with van der Waals surface area (Å²) in [6, 6.07) is 0. The molecule has 0 rings (SSSR count). The van der Waals surface area contributed by atoms with E-state index in [1.807, 2.05) is 0 Å². The van der Waals surface area contributed by atoms with E-state index in [0.29, 0.717) is 0 Å². The minimum absolute atomic E-state index is 0. The van der Waals surface area contributed by atoms with Crippen LogP contribution >= 0.6 is 11.9 Å². The third-order valence-corrected chi connectivity index (χ3v) is 2.20. The second-order valence-electron chi connectivity index (χ2n) is 1.64. The van der Waals surface area contributed by atoms with E-state index < -0.39 is 22.0 Å². The number of aliphatic hydroxyl groups is 1. The van der Waals surface area contributed by atoms with Gasteiger partial charge >= 0.3 is 29.6 Å². The van der Waals surface area contributed by atoms with Crippen LogP contribution in [-0.4, -0.2) is 25.4 Å². The summed E-state index contributed by atoms with van der Waals surface area (Å²) in [4.78, 5) is 0. The number of hydrogen-bond donors (Lipinski definition) is 1. The summed E-state index contributed by atoms with van der Waals surface area (Å²) in [7, 11) is -3.70. The van der Waals surface area contributed by atoms with Crippen LogP contribution in [0.4, 0.5) is 0 Å². The molecule has 4 nitrogen and oxygen atoms in total. The molecule has 0 amide bonds. The van der Waals surface area contributed by atoms with Crippen molar-refractivity contribution >= 4 is 22.0 Å². The van der Waals surface area contributed by atoms with Crippen LogP contribution in [0.2, 0.25) is 0 Å². The molecule has 0 bridgehead atoms. The van der Waals surface area contributed by atoms with Crippen LogP contribution in [0.1, 0.15) is 8.35 Å². The molecule has 10 heavy (non-hydrogen) atoms. The van der Waals surface area contributed by atoms with Gasteiger partial charge in [-0.2, -0.15) is 12.2 Å². The van der Waals surface area contributed by atoms with Crippen LogP contribution in [0, 0.1) is 0 Å². The largest absolute Gasteiger partial charge is 1.00 e. The first-order valence-corrected chi connectivity index (χ1v) is 4.07. The zero-order chi connectivity index (χ0) is 7.49. The molecule has 0 saturated carbocycles. The van der Waals surface area contributed by atoms with Gasteiger partial charge in [-0.1, -0.05) is 0 Å². The topological polar surface area (TPSA) is 63.6 Å². The van der Waals surface area contributed by atoms with Gasteiger partial charge in [0.25, 0.3) is 10.1 Å². The minimum Gasteiger partial charge on any atom is -1.00 e. The Morgan fingerprint density at radius 1 is 1.80 bits per heavy atom. The van der Waals surface area contributed by atoms with E-state index in [2.05, 4.69) is 15.6 Å². The Morgan fingerprint density at radius 2 is 2.20 bits per heavy atom. The van der Waals surface area contributed by atoms with Gasteiger partial charge in [0.2, 0.25) is 0 Å². The first-order chi connectivity index (χ1) is 3.98. The number of hydrogen-bond acceptors (Lipinski definition) is 4. The average molecular weight is 199 g/mol. The smallest absolute Gasteiger partial charge is 1.00 e. The Morgan fingerprint density at radius 3 is 2.30 bits per heavy atom. The van der Waals surface area contributed by atoms with E-state index in [-0.39, 0.29) is 31.0 Å². The van der Waals surface area contributed by atoms with Crippen molar-refractivity contribution in [2.75, 3.05) is 5.75 Å². The van der Waals surface area contributed by atoms with Crippen molar-refractivity contribution in [3.05, 3.63) is 0 Å². The van der Waals surface area contributed by atoms with E-state index in [4.69, 9.17) is 5.11 Å². The molecule has 0 aromatic heterocycles. The fourth-order valence-corrected chi connectivity index (χ4v) is 1.12. The Labute approximate surface area is 88.6 Å². The molecule has 1 unspecified atom stereocenters. The van der Waals surface area contributed by atoms with Gasteiger partial charge < -0.3 is 6.53 Å². The molecule has 0 aliphatic rings. The SMILES string of the molecule is CC(O)CS(=O)(=O)OCl.[H-].[Na+]. The second-order valence-corrected chi connectivity index (χ2v) is 3.59. The van der Waals surface area contributed by atoms with E-state index >= 15 is 0 Å². The molecule has 1 N–H and O–H groups in total. The third kappa shape index (κ3) is 7.27. The van der Waals surface area contributed by atoms with Gasteiger partial charge in [-0.25, -0.2) is 0 Å². The van der Waals surface area contributed by atoms with E-state index in [1.165, 1.54) is 6.92 Å². The molecule has 0 aromatic carbocycles. The maximum Gasteiger partial charge on any atom is 1.00 e. The van der Waals surface area contributed by atoms with Crippen LogP contribution < -0.4 is 29.6 Å². The van der Waals surface area contributed by atoms with Gasteiger partial charge in [-0.05, 0) is 6.92 Å². The van der Waals surface area contributed by atoms with Crippen molar-refractivity contribution in [3.63, 3.8) is 0 Å². The predicted molar refractivity (Wildman–Crippen MR) is 33.5 cm³/mol. The molecule has 0 heterocycles. The van der Waals surface area contributed by atoms with Gasteiger partial charge in [0, 0.05) is 0 Å². The molecule has 1 atom stereocenters. The number of halogens is 1. The van der Waals surface area contributed by atoms with Crippen molar-refractivity contribution in [2.24, 2.45) is 0 Å². The molecule has 0 fully saturated rings. The summed E-state index contributed by atoms with van der Waals surface area (Å²) in [5.74, 6) is -0.476. The van der Waals surface area contributed by atoms with Crippen molar-refractivity contribution in [2.45, 2.75) is 13.0 Å². The Hall–Kier alpha value is 1.16. The van der Waals surface area contributed by atoms with E-state index in [0.717, 1.165) is 0 Å². The summed E-state index contributed by atoms with van der Waals surface area (Å²) < 4.78 is 24.1. The van der Waals surface area contributed by atoms with Crippen LogP contribution in [0.15, 0.2) is 0 Å². The molecule has 0 aromatic rings. The quantitative estimate of drug-likeness (QED) is 0.491. The van der Waals surface area contributed by atoms with E-state index in [1.54, 1.807) is 0 Å². The van der Waals surface area contributed by atoms with Crippen molar-refractivity contribution in [3.8, 4) is 0 Å². The van der Waals surface area contributed by atoms with Crippen LogP contribution in [0.25, 0.3) is 0 Å². The van der Waals surface area contributed by atoms with Gasteiger partial charge in [0.1, 0.15) is 5.75 Å². The minimum atomic E-state index is -3.70. The molecule has 0 radical (unpaired) electrons. The summed E-state index contributed by atoms with van der Waals surface area (Å²) in [6.45, 7) is 1.33. The molecule has 0 aliphatic heterocycles. The second kappa shape index (κ2) is 5.77. The van der Waals surface area contributed by atoms with Gasteiger partial charge in [0.05, 0.1) is 18.0 Å². The summed E-state index contributed by atoms with van der Waals surface area (Å²) in [5, 5.41) is 8.50. The molecule has 0 spiro atoms. The standard InChI is InChI=1S/C3H7ClO4S.Na.H/c1-3(5)2-9(6,7)8-4;;/h3,5H,2H2,1H3;;/q;+1;-1. The maximum atomic E-state index is 10.3. The summed E-state index contributed by atoms with van der Waals surface area (Å²) in [5.41, 5.74) is 0. The zero-order valence-electron chi connectivity index (χ0n) is 6.74. The first-order valence-electron chi connectivity index (χ1n) is 2.19. The van der Waals surface area contributed by atoms with E-state index in [9.17, 15) is 8.42 Å². The van der Waals surface area contributed by atoms with Crippen molar-refractivity contribution in [1.29, 1.82) is 0 Å². The number of rotatable bonds is 3. The van der Waals surface area contributed by atoms with Crippen LogP contribution in [0.5, 0.6) is 0 Å². The average Bonchev–Trinajstić information content (AvgIpc) is 1.63. The predicted octanol–water partition coefficient (Wildman–Crippen LogP) is -3.02. The van der Waals surface area contributed by atoms with Crippen molar-refractivity contribution < 1.29 is 48.2 Å². The van der Waals surface area contributed by atoms with Crippen LogP contribution in [0.3, 0.4) is 0 Å². The molecule has 0 saturated heterocycles. The molecule has 7 heteroatoms. The summed E-state index contributed by atoms with van der Waals surface area (Å²) in [6.07, 6.45) is -0.950. The fourth-order valence-electron chi connectivity index (χ4n) is 0.321. The monoisotopic (exact) mass is 198 g/mol. The fraction of sp³-hybridized carbons (Fsp3) is 1.00. The normalized spacial score (nSPS) is 13.9. The van der Waals surface area contributed by atoms with Crippen molar-refractivity contribution in [1.82, 2.24) is 0 Å². The molecular formula is C3H8ClNaO4S. The zero-order valence-corrected chi connectivity index (χ0v) is 9.32. The first kappa shape index (κ1) is 13.7. The molecule has 0 aliphatic carbocycles. The van der Waals surface area contributed by atoms with Gasteiger partial charge in [-0.3, -0.25) is 0 Å². The molecule has 58 valence electrons. The number of aliphatic hydroxyl groups excluding tert-OH is 1. The van der Waals surface area contributed by atoms with Crippen LogP contribution in [-0.2, 0) is 13.9 Å². The Kier molecular flexibility index (Phi) is 7.92. The molecular weight excluding hydrogens is 191 g/mol. The van der Waals surface area contributed by atoms with Gasteiger partial charge in [0.15, 0.2) is 0 Å². The third-order valence-electron chi connectivity index (χ3n) is 0.541. The van der Waals surface area contributed by atoms with Gasteiger partial charge in [-0.15, -0.1) is 0 Å². The Balaban J connectivity index is -0.000000320. The summed E-state index contributed by atoms with van der Waals surface area (Å²) >= 11 is 4.54. The Bertz CT molecular complexity index is 170.